The van der Waals surface area contributed by atoms with E-state index in [1.54, 1.807) is 30.4 Å². The van der Waals surface area contributed by atoms with Gasteiger partial charge in [-0.1, -0.05) is 24.1 Å². The van der Waals surface area contributed by atoms with Gasteiger partial charge in [0.15, 0.2) is 0 Å². The number of pyridine rings is 1. The Labute approximate surface area is 185 Å². The molecule has 0 radical (unpaired) electrons. The number of carbonyl (C=O) groups is 1. The molecule has 0 aliphatic carbocycles. The van der Waals surface area contributed by atoms with E-state index in [1.165, 1.54) is 0 Å². The number of imidazole rings is 1. The molecule has 7 heteroatoms. The third kappa shape index (κ3) is 3.67. The van der Waals surface area contributed by atoms with Crippen LogP contribution in [0.2, 0.25) is 0 Å². The van der Waals surface area contributed by atoms with E-state index >= 15 is 0 Å². The van der Waals surface area contributed by atoms with Gasteiger partial charge in [-0.2, -0.15) is 0 Å². The van der Waals surface area contributed by atoms with E-state index in [9.17, 15) is 4.79 Å². The molecular weight excluding hydrogens is 402 g/mol. The van der Waals surface area contributed by atoms with Gasteiger partial charge in [-0.3, -0.25) is 19.2 Å². The zero-order valence-corrected chi connectivity index (χ0v) is 17.6. The Hall–Kier alpha value is -4.18. The SMILES string of the molecule is CC#CC(=O)N1CCC[C@H]1c1nc(-c2ccc(Oc3ccccc3)cn2)c2cnccn12. The van der Waals surface area contributed by atoms with Crippen LogP contribution < -0.4 is 4.74 Å². The highest BCUT2D eigenvalue weighted by Gasteiger charge is 2.33. The molecule has 1 amide bonds. The van der Waals surface area contributed by atoms with Crippen molar-refractivity contribution in [1.82, 2.24) is 24.3 Å². The summed E-state index contributed by atoms with van der Waals surface area (Å²) in [6, 6.07) is 13.2. The van der Waals surface area contributed by atoms with Gasteiger partial charge in [-0.05, 0) is 50.0 Å². The normalized spacial score (nSPS) is 15.4. The lowest BCUT2D eigenvalue weighted by Crippen LogP contribution is -2.30. The Kier molecular flexibility index (Phi) is 5.26. The molecule has 158 valence electrons. The van der Waals surface area contributed by atoms with Crippen LogP contribution in [0.5, 0.6) is 11.5 Å². The number of likely N-dealkylation sites (tertiary alicyclic amines) is 1. The quantitative estimate of drug-likeness (QED) is 0.459. The molecule has 1 aromatic carbocycles. The van der Waals surface area contributed by atoms with Crippen LogP contribution in [0.4, 0.5) is 0 Å². The first kappa shape index (κ1) is 19.8. The van der Waals surface area contributed by atoms with E-state index in [-0.39, 0.29) is 11.9 Å². The standard InChI is InChI=1S/C25H21N5O2/c1-2-7-23(31)29-14-6-10-21(29)25-28-24(22-17-26-13-15-30(22)25)20-12-11-19(16-27-20)32-18-8-4-3-5-9-18/h3-5,8-9,11-13,15-17,21H,6,10,14H2,1H3/t21-/m0/s1. The second-order valence-corrected chi connectivity index (χ2v) is 7.48. The molecule has 0 saturated carbocycles. The minimum atomic E-state index is -0.164. The van der Waals surface area contributed by atoms with Gasteiger partial charge in [-0.15, -0.1) is 0 Å². The van der Waals surface area contributed by atoms with Gasteiger partial charge < -0.3 is 9.64 Å². The lowest BCUT2D eigenvalue weighted by molar-refractivity contribution is -0.126. The summed E-state index contributed by atoms with van der Waals surface area (Å²) in [5.41, 5.74) is 2.28. The number of ether oxygens (including phenoxy) is 1. The number of fused-ring (bicyclic) bond motifs is 1. The summed E-state index contributed by atoms with van der Waals surface area (Å²) in [6.45, 7) is 2.35. The molecule has 1 atom stereocenters. The first-order valence-corrected chi connectivity index (χ1v) is 10.5. The molecule has 1 aliphatic heterocycles. The monoisotopic (exact) mass is 423 g/mol. The average molecular weight is 423 g/mol. The zero-order valence-electron chi connectivity index (χ0n) is 17.6. The van der Waals surface area contributed by atoms with Crippen LogP contribution in [-0.4, -0.2) is 36.7 Å². The molecule has 3 aromatic heterocycles. The van der Waals surface area contributed by atoms with Crippen molar-refractivity contribution in [2.45, 2.75) is 25.8 Å². The summed E-state index contributed by atoms with van der Waals surface area (Å²) >= 11 is 0. The summed E-state index contributed by atoms with van der Waals surface area (Å²) in [4.78, 5) is 28.1. The molecule has 0 spiro atoms. The predicted molar refractivity (Wildman–Crippen MR) is 120 cm³/mol. The molecule has 4 aromatic rings. The molecule has 1 aliphatic rings. The van der Waals surface area contributed by atoms with Gasteiger partial charge >= 0.3 is 0 Å². The molecule has 1 saturated heterocycles. The topological polar surface area (TPSA) is 72.6 Å². The van der Waals surface area contributed by atoms with Crippen LogP contribution in [0.25, 0.3) is 16.9 Å². The van der Waals surface area contributed by atoms with Crippen LogP contribution in [0.1, 0.15) is 31.6 Å². The number of carbonyl (C=O) groups excluding carboxylic acids is 1. The molecule has 0 unspecified atom stereocenters. The smallest absolute Gasteiger partial charge is 0.299 e. The minimum Gasteiger partial charge on any atom is -0.456 e. The highest BCUT2D eigenvalue weighted by Crippen LogP contribution is 2.34. The van der Waals surface area contributed by atoms with Gasteiger partial charge in [0, 0.05) is 18.9 Å². The second-order valence-electron chi connectivity index (χ2n) is 7.48. The number of para-hydroxylation sites is 1. The summed E-state index contributed by atoms with van der Waals surface area (Å²) in [5.74, 6) is 7.40. The maximum Gasteiger partial charge on any atom is 0.299 e. The van der Waals surface area contributed by atoms with Gasteiger partial charge in [0.25, 0.3) is 5.91 Å². The Morgan fingerprint density at radius 3 is 2.78 bits per heavy atom. The average Bonchev–Trinajstić information content (AvgIpc) is 3.46. The lowest BCUT2D eigenvalue weighted by atomic mass is 10.2. The third-order valence-electron chi connectivity index (χ3n) is 5.48. The summed E-state index contributed by atoms with van der Waals surface area (Å²) < 4.78 is 7.84. The molecule has 7 nitrogen and oxygen atoms in total. The highest BCUT2D eigenvalue weighted by atomic mass is 16.5. The maximum absolute atomic E-state index is 12.5. The van der Waals surface area contributed by atoms with E-state index in [2.05, 4.69) is 21.8 Å². The molecule has 32 heavy (non-hydrogen) atoms. The first-order chi connectivity index (χ1) is 15.7. The van der Waals surface area contributed by atoms with Crippen molar-refractivity contribution in [1.29, 1.82) is 0 Å². The molecular formula is C25H21N5O2. The van der Waals surface area contributed by atoms with Crippen molar-refractivity contribution in [2.75, 3.05) is 6.54 Å². The van der Waals surface area contributed by atoms with Crippen LogP contribution in [0, 0.1) is 11.8 Å². The van der Waals surface area contributed by atoms with Crippen molar-refractivity contribution < 1.29 is 9.53 Å². The molecule has 4 heterocycles. The second kappa shape index (κ2) is 8.52. The number of aromatic nitrogens is 4. The highest BCUT2D eigenvalue weighted by molar-refractivity contribution is 5.94. The number of rotatable bonds is 4. The van der Waals surface area contributed by atoms with Gasteiger partial charge in [0.2, 0.25) is 0 Å². The lowest BCUT2D eigenvalue weighted by Gasteiger charge is -2.21. The van der Waals surface area contributed by atoms with Crippen molar-refractivity contribution in [3.8, 4) is 34.7 Å². The van der Waals surface area contributed by atoms with Crippen LogP contribution in [-0.2, 0) is 4.79 Å². The minimum absolute atomic E-state index is 0.132. The van der Waals surface area contributed by atoms with Gasteiger partial charge in [0.05, 0.1) is 29.6 Å². The third-order valence-corrected chi connectivity index (χ3v) is 5.48. The van der Waals surface area contributed by atoms with Gasteiger partial charge in [-0.25, -0.2) is 4.98 Å². The van der Waals surface area contributed by atoms with E-state index in [4.69, 9.17) is 9.72 Å². The van der Waals surface area contributed by atoms with Crippen LogP contribution in [0.3, 0.4) is 0 Å². The molecule has 0 bridgehead atoms. The van der Waals surface area contributed by atoms with Gasteiger partial charge in [0.1, 0.15) is 23.0 Å². The number of amides is 1. The van der Waals surface area contributed by atoms with Crippen molar-refractivity contribution in [2.24, 2.45) is 0 Å². The summed E-state index contributed by atoms with van der Waals surface area (Å²) in [7, 11) is 0. The fourth-order valence-corrected chi connectivity index (χ4v) is 4.05. The fourth-order valence-electron chi connectivity index (χ4n) is 4.05. The number of hydrogen-bond acceptors (Lipinski definition) is 5. The van der Waals surface area contributed by atoms with Crippen molar-refractivity contribution in [3.05, 3.63) is 73.1 Å². The summed E-state index contributed by atoms with van der Waals surface area (Å²) in [5, 5.41) is 0. The van der Waals surface area contributed by atoms with Crippen molar-refractivity contribution in [3.63, 3.8) is 0 Å². The van der Waals surface area contributed by atoms with E-state index in [0.29, 0.717) is 18.0 Å². The van der Waals surface area contributed by atoms with E-state index in [1.807, 2.05) is 53.1 Å². The Morgan fingerprint density at radius 1 is 1.12 bits per heavy atom. The van der Waals surface area contributed by atoms with Crippen molar-refractivity contribution >= 4 is 11.4 Å². The van der Waals surface area contributed by atoms with Crippen LogP contribution in [0.15, 0.2) is 67.3 Å². The largest absolute Gasteiger partial charge is 0.456 e. The molecule has 0 N–H and O–H groups in total. The maximum atomic E-state index is 12.5. The van der Waals surface area contributed by atoms with E-state index in [0.717, 1.165) is 35.6 Å². The number of hydrogen-bond donors (Lipinski definition) is 0. The zero-order chi connectivity index (χ0) is 21.9. The molecule has 5 rings (SSSR count). The Balaban J connectivity index is 1.50. The number of benzene rings is 1. The molecule has 1 fully saturated rings. The van der Waals surface area contributed by atoms with E-state index < -0.39 is 0 Å². The number of nitrogens with zero attached hydrogens (tertiary/aromatic N) is 5. The first-order valence-electron chi connectivity index (χ1n) is 10.5. The Bertz CT molecular complexity index is 1320. The fraction of sp³-hybridized carbons (Fsp3) is 0.200. The van der Waals surface area contributed by atoms with Crippen LogP contribution >= 0.6 is 0 Å². The summed E-state index contributed by atoms with van der Waals surface area (Å²) in [6.07, 6.45) is 8.82. The predicted octanol–water partition coefficient (Wildman–Crippen LogP) is 4.27. The Morgan fingerprint density at radius 2 is 2.00 bits per heavy atom.